The number of hydrogen-bond donors (Lipinski definition) is 2. The molecule has 0 atom stereocenters. The highest BCUT2D eigenvalue weighted by molar-refractivity contribution is 5.79. The van der Waals surface area contributed by atoms with Crippen molar-refractivity contribution in [1.29, 1.82) is 0 Å². The molecule has 152 valence electrons. The lowest BCUT2D eigenvalue weighted by atomic mass is 9.76. The zero-order valence-electron chi connectivity index (χ0n) is 17.5. The van der Waals surface area contributed by atoms with Crippen LogP contribution in [0.25, 0.3) is 5.82 Å². The summed E-state index contributed by atoms with van der Waals surface area (Å²) in [5.41, 5.74) is 2.59. The summed E-state index contributed by atoms with van der Waals surface area (Å²) >= 11 is 0. The van der Waals surface area contributed by atoms with Crippen LogP contribution in [0.3, 0.4) is 0 Å². The van der Waals surface area contributed by atoms with Crippen LogP contribution in [0, 0.1) is 0 Å². The summed E-state index contributed by atoms with van der Waals surface area (Å²) in [6.45, 7) is 6.01. The number of imidazole rings is 1. The van der Waals surface area contributed by atoms with Crippen molar-refractivity contribution in [1.82, 2.24) is 25.2 Å². The largest absolute Gasteiger partial charge is 0.356 e. The molecule has 0 aliphatic heterocycles. The van der Waals surface area contributed by atoms with Crippen LogP contribution in [0.5, 0.6) is 0 Å². The van der Waals surface area contributed by atoms with Gasteiger partial charge >= 0.3 is 0 Å². The van der Waals surface area contributed by atoms with Crippen LogP contribution in [0.1, 0.15) is 37.8 Å². The lowest BCUT2D eigenvalue weighted by molar-refractivity contribution is 0.389. The van der Waals surface area contributed by atoms with Crippen LogP contribution in [0.4, 0.5) is 0 Å². The molecule has 0 radical (unpaired) electrons. The van der Waals surface area contributed by atoms with Gasteiger partial charge in [0.2, 0.25) is 0 Å². The molecule has 2 heterocycles. The van der Waals surface area contributed by atoms with E-state index in [1.807, 2.05) is 29.1 Å². The van der Waals surface area contributed by atoms with Gasteiger partial charge in [-0.15, -0.1) is 0 Å². The maximum atomic E-state index is 4.40. The van der Waals surface area contributed by atoms with E-state index in [9.17, 15) is 0 Å². The molecule has 0 bridgehead atoms. The van der Waals surface area contributed by atoms with E-state index in [2.05, 4.69) is 69.8 Å². The molecule has 0 saturated carbocycles. The van der Waals surface area contributed by atoms with Gasteiger partial charge in [-0.3, -0.25) is 9.56 Å². The number of benzene rings is 1. The predicted octanol–water partition coefficient (Wildman–Crippen LogP) is 3.69. The Morgan fingerprint density at radius 1 is 1.07 bits per heavy atom. The van der Waals surface area contributed by atoms with E-state index in [0.29, 0.717) is 6.54 Å². The molecule has 3 aromatic rings. The minimum Gasteiger partial charge on any atom is -0.356 e. The molecule has 0 saturated heterocycles. The minimum absolute atomic E-state index is 0.0874. The van der Waals surface area contributed by atoms with E-state index in [1.165, 1.54) is 5.56 Å². The van der Waals surface area contributed by atoms with Gasteiger partial charge in [-0.2, -0.15) is 0 Å². The fraction of sp³-hybridized carbons (Fsp3) is 0.348. The first-order valence-corrected chi connectivity index (χ1v) is 10.1. The van der Waals surface area contributed by atoms with Crippen LogP contribution in [0.2, 0.25) is 0 Å². The average molecular weight is 391 g/mol. The number of aliphatic imine (C=N–C) groups is 1. The van der Waals surface area contributed by atoms with Gasteiger partial charge in [0.05, 0.1) is 0 Å². The van der Waals surface area contributed by atoms with Gasteiger partial charge < -0.3 is 10.6 Å². The zero-order valence-corrected chi connectivity index (χ0v) is 17.5. The van der Waals surface area contributed by atoms with Gasteiger partial charge in [0, 0.05) is 44.1 Å². The second kappa shape index (κ2) is 9.87. The third-order valence-electron chi connectivity index (χ3n) is 5.60. The molecule has 0 fully saturated rings. The Labute approximate surface area is 173 Å². The number of aromatic nitrogens is 3. The molecular formula is C23H30N6. The maximum absolute atomic E-state index is 4.40. The molecule has 0 unspecified atom stereocenters. The Bertz CT molecular complexity index is 898. The van der Waals surface area contributed by atoms with Crippen LogP contribution in [0.15, 0.2) is 72.4 Å². The van der Waals surface area contributed by atoms with E-state index in [1.54, 1.807) is 19.6 Å². The SMILES string of the molecule is CCC(CC)(CNC(=NC)NCc1ccnc(-n2ccnc2)c1)c1ccccc1. The van der Waals surface area contributed by atoms with Crippen molar-refractivity contribution in [2.75, 3.05) is 13.6 Å². The first-order chi connectivity index (χ1) is 14.2. The molecule has 2 aromatic heterocycles. The number of rotatable bonds is 8. The van der Waals surface area contributed by atoms with Crippen LogP contribution >= 0.6 is 0 Å². The Kier molecular flexibility index (Phi) is 7.00. The van der Waals surface area contributed by atoms with E-state index in [-0.39, 0.29) is 5.41 Å². The van der Waals surface area contributed by atoms with Crippen molar-refractivity contribution in [3.63, 3.8) is 0 Å². The van der Waals surface area contributed by atoms with Gasteiger partial charge in [0.1, 0.15) is 12.1 Å². The maximum Gasteiger partial charge on any atom is 0.191 e. The van der Waals surface area contributed by atoms with Gasteiger partial charge in [-0.05, 0) is 36.1 Å². The molecule has 2 N–H and O–H groups in total. The molecule has 0 aliphatic rings. The topological polar surface area (TPSA) is 67.1 Å². The molecule has 6 heteroatoms. The normalized spacial score (nSPS) is 12.0. The highest BCUT2D eigenvalue weighted by atomic mass is 15.2. The molecule has 0 spiro atoms. The average Bonchev–Trinajstić information content (AvgIpc) is 3.33. The van der Waals surface area contributed by atoms with Crippen molar-refractivity contribution in [2.45, 2.75) is 38.6 Å². The lowest BCUT2D eigenvalue weighted by Gasteiger charge is -2.33. The summed E-state index contributed by atoms with van der Waals surface area (Å²) in [5.74, 6) is 1.65. The molecule has 3 rings (SSSR count). The number of guanidine groups is 1. The predicted molar refractivity (Wildman–Crippen MR) is 118 cm³/mol. The fourth-order valence-electron chi connectivity index (χ4n) is 3.57. The first-order valence-electron chi connectivity index (χ1n) is 10.1. The Morgan fingerprint density at radius 2 is 1.86 bits per heavy atom. The van der Waals surface area contributed by atoms with Crippen molar-refractivity contribution in [2.24, 2.45) is 4.99 Å². The molecular weight excluding hydrogens is 360 g/mol. The summed E-state index contributed by atoms with van der Waals surface area (Å²) < 4.78 is 1.90. The van der Waals surface area contributed by atoms with Crippen LogP contribution in [-0.4, -0.2) is 34.1 Å². The van der Waals surface area contributed by atoms with Crippen molar-refractivity contribution in [3.8, 4) is 5.82 Å². The molecule has 1 aromatic carbocycles. The van der Waals surface area contributed by atoms with Crippen LogP contribution < -0.4 is 10.6 Å². The Morgan fingerprint density at radius 3 is 2.52 bits per heavy atom. The first kappa shape index (κ1) is 20.6. The lowest BCUT2D eigenvalue weighted by Crippen LogP contribution is -2.45. The second-order valence-corrected chi connectivity index (χ2v) is 7.13. The van der Waals surface area contributed by atoms with Gasteiger partial charge in [-0.25, -0.2) is 9.97 Å². The highest BCUT2D eigenvalue weighted by Gasteiger charge is 2.28. The number of nitrogens with one attached hydrogen (secondary N) is 2. The zero-order chi connectivity index (χ0) is 20.5. The monoisotopic (exact) mass is 390 g/mol. The summed E-state index contributed by atoms with van der Waals surface area (Å²) in [7, 11) is 1.81. The number of nitrogens with zero attached hydrogens (tertiary/aromatic N) is 4. The summed E-state index contributed by atoms with van der Waals surface area (Å²) in [6.07, 6.45) is 9.33. The van der Waals surface area contributed by atoms with E-state index in [4.69, 9.17) is 0 Å². The number of hydrogen-bond acceptors (Lipinski definition) is 3. The summed E-state index contributed by atoms with van der Waals surface area (Å²) in [5, 5.41) is 6.95. The van der Waals surface area contributed by atoms with Gasteiger partial charge in [-0.1, -0.05) is 44.2 Å². The number of pyridine rings is 1. The van der Waals surface area contributed by atoms with E-state index in [0.717, 1.165) is 36.7 Å². The molecule has 29 heavy (non-hydrogen) atoms. The smallest absolute Gasteiger partial charge is 0.191 e. The van der Waals surface area contributed by atoms with Gasteiger partial charge in [0.25, 0.3) is 0 Å². The van der Waals surface area contributed by atoms with Crippen LogP contribution in [-0.2, 0) is 12.0 Å². The third kappa shape index (κ3) is 5.02. The molecule has 0 aliphatic carbocycles. The van der Waals surface area contributed by atoms with Gasteiger partial charge in [0.15, 0.2) is 5.96 Å². The Hall–Kier alpha value is -3.15. The standard InChI is InChI=1S/C23H30N6/c1-4-23(5-2,20-9-7-6-8-10-20)17-28-22(24-3)27-16-19-11-12-26-21(15-19)29-14-13-25-18-29/h6-15,18H,4-5,16-17H2,1-3H3,(H2,24,27,28). The quantitative estimate of drug-likeness (QED) is 0.455. The van der Waals surface area contributed by atoms with Crippen molar-refractivity contribution < 1.29 is 0 Å². The van der Waals surface area contributed by atoms with Crippen molar-refractivity contribution >= 4 is 5.96 Å². The Balaban J connectivity index is 1.63. The fourth-order valence-corrected chi connectivity index (χ4v) is 3.57. The summed E-state index contributed by atoms with van der Waals surface area (Å²) in [4.78, 5) is 12.9. The summed E-state index contributed by atoms with van der Waals surface area (Å²) in [6, 6.07) is 14.8. The molecule has 6 nitrogen and oxygen atoms in total. The van der Waals surface area contributed by atoms with E-state index < -0.39 is 0 Å². The minimum atomic E-state index is 0.0874. The van der Waals surface area contributed by atoms with Crippen molar-refractivity contribution in [3.05, 3.63) is 78.5 Å². The third-order valence-corrected chi connectivity index (χ3v) is 5.60. The van der Waals surface area contributed by atoms with E-state index >= 15 is 0 Å². The second-order valence-electron chi connectivity index (χ2n) is 7.13. The molecule has 0 amide bonds. The highest BCUT2D eigenvalue weighted by Crippen LogP contribution is 2.30.